The molecular weight excluding hydrogens is 166 g/mol. The third kappa shape index (κ3) is 3.49. The summed E-state index contributed by atoms with van der Waals surface area (Å²) in [6, 6.07) is -0.199. The van der Waals surface area contributed by atoms with Gasteiger partial charge in [-0.25, -0.2) is 4.79 Å². The van der Waals surface area contributed by atoms with Gasteiger partial charge in [-0.1, -0.05) is 19.4 Å². The van der Waals surface area contributed by atoms with Gasteiger partial charge in [-0.05, 0) is 19.3 Å². The van der Waals surface area contributed by atoms with Crippen molar-refractivity contribution in [2.24, 2.45) is 5.92 Å². The summed E-state index contributed by atoms with van der Waals surface area (Å²) in [7, 11) is 1.42. The van der Waals surface area contributed by atoms with Crippen LogP contribution in [0.4, 0.5) is 0 Å². The second kappa shape index (κ2) is 4.30. The summed E-state index contributed by atoms with van der Waals surface area (Å²) in [5.41, 5.74) is 0.816. The Balaban J connectivity index is 2.41. The predicted molar refractivity (Wildman–Crippen MR) is 51.1 cm³/mol. The third-order valence-corrected chi connectivity index (χ3v) is 2.17. The van der Waals surface area contributed by atoms with Crippen molar-refractivity contribution in [2.45, 2.75) is 32.2 Å². The minimum absolute atomic E-state index is 0.185. The molecule has 0 saturated heterocycles. The second-order valence-corrected chi connectivity index (χ2v) is 3.68. The van der Waals surface area contributed by atoms with Gasteiger partial charge in [0.15, 0.2) is 0 Å². The Morgan fingerprint density at radius 1 is 1.69 bits per heavy atom. The van der Waals surface area contributed by atoms with E-state index >= 15 is 0 Å². The zero-order chi connectivity index (χ0) is 9.84. The molecule has 1 N–H and O–H groups in total. The molecule has 0 aromatic carbocycles. The first-order valence-electron chi connectivity index (χ1n) is 4.63. The summed E-state index contributed by atoms with van der Waals surface area (Å²) in [5, 5.41) is 3.03. The molecule has 0 aliphatic heterocycles. The van der Waals surface area contributed by atoms with Gasteiger partial charge in [0.25, 0.3) is 0 Å². The number of nitrogens with one attached hydrogen (secondary N) is 1. The number of carbonyl (C=O) groups is 1. The molecule has 3 nitrogen and oxygen atoms in total. The van der Waals surface area contributed by atoms with Crippen molar-refractivity contribution in [2.75, 3.05) is 7.11 Å². The highest BCUT2D eigenvalue weighted by atomic mass is 16.5. The maximum Gasteiger partial charge on any atom is 0.328 e. The highest BCUT2D eigenvalue weighted by Crippen LogP contribution is 2.33. The molecule has 1 saturated carbocycles. The topological polar surface area (TPSA) is 38.3 Å². The van der Waals surface area contributed by atoms with Crippen molar-refractivity contribution in [3.05, 3.63) is 12.3 Å². The molecule has 0 amide bonds. The Labute approximate surface area is 79.2 Å². The van der Waals surface area contributed by atoms with Crippen LogP contribution in [0.3, 0.4) is 0 Å². The number of hydrogen-bond donors (Lipinski definition) is 1. The van der Waals surface area contributed by atoms with E-state index in [-0.39, 0.29) is 12.0 Å². The fourth-order valence-corrected chi connectivity index (χ4v) is 1.34. The molecule has 1 fully saturated rings. The molecule has 0 spiro atoms. The molecule has 0 bridgehead atoms. The van der Waals surface area contributed by atoms with E-state index in [4.69, 9.17) is 4.74 Å². The number of carbonyl (C=O) groups excluding carboxylic acids is 1. The van der Waals surface area contributed by atoms with Crippen molar-refractivity contribution in [1.29, 1.82) is 0 Å². The van der Waals surface area contributed by atoms with E-state index in [1.165, 1.54) is 20.0 Å². The van der Waals surface area contributed by atoms with Gasteiger partial charge in [0, 0.05) is 5.70 Å². The summed E-state index contributed by atoms with van der Waals surface area (Å²) < 4.78 is 4.70. The van der Waals surface area contributed by atoms with Gasteiger partial charge in [0.1, 0.15) is 6.04 Å². The lowest BCUT2D eigenvalue weighted by atomic mass is 10.1. The van der Waals surface area contributed by atoms with E-state index in [0.717, 1.165) is 12.1 Å². The fourth-order valence-electron chi connectivity index (χ4n) is 1.34. The van der Waals surface area contributed by atoms with Crippen LogP contribution in [0.5, 0.6) is 0 Å². The molecule has 0 heterocycles. The molecule has 3 heteroatoms. The number of ether oxygens (including phenoxy) is 1. The normalized spacial score (nSPS) is 17.7. The minimum atomic E-state index is -0.199. The summed E-state index contributed by atoms with van der Waals surface area (Å²) >= 11 is 0. The van der Waals surface area contributed by atoms with Gasteiger partial charge >= 0.3 is 5.97 Å². The molecule has 1 atom stereocenters. The quantitative estimate of drug-likeness (QED) is 0.656. The van der Waals surface area contributed by atoms with E-state index in [1.807, 2.05) is 6.92 Å². The van der Waals surface area contributed by atoms with Crippen LogP contribution in [-0.2, 0) is 9.53 Å². The van der Waals surface area contributed by atoms with Crippen LogP contribution in [0.15, 0.2) is 12.3 Å². The Morgan fingerprint density at radius 2 is 2.31 bits per heavy atom. The van der Waals surface area contributed by atoms with Crippen molar-refractivity contribution in [3.8, 4) is 0 Å². The van der Waals surface area contributed by atoms with Crippen LogP contribution in [0.2, 0.25) is 0 Å². The maximum atomic E-state index is 11.3. The average Bonchev–Trinajstić information content (AvgIpc) is 2.85. The van der Waals surface area contributed by atoms with E-state index in [9.17, 15) is 4.79 Å². The fraction of sp³-hybridized carbons (Fsp3) is 0.700. The first-order chi connectivity index (χ1) is 6.13. The number of methoxy groups -OCH3 is 1. The second-order valence-electron chi connectivity index (χ2n) is 3.68. The molecule has 1 aliphatic carbocycles. The average molecular weight is 183 g/mol. The molecule has 0 aromatic heterocycles. The van der Waals surface area contributed by atoms with Gasteiger partial charge in [0.05, 0.1) is 7.11 Å². The highest BCUT2D eigenvalue weighted by Gasteiger charge is 2.29. The molecular formula is C10H17NO2. The molecule has 0 radical (unpaired) electrons. The lowest BCUT2D eigenvalue weighted by molar-refractivity contribution is -0.143. The first kappa shape index (κ1) is 10.1. The van der Waals surface area contributed by atoms with Crippen LogP contribution >= 0.6 is 0 Å². The predicted octanol–water partition coefficient (Wildman–Crippen LogP) is 1.45. The van der Waals surface area contributed by atoms with Crippen molar-refractivity contribution in [1.82, 2.24) is 5.32 Å². The van der Waals surface area contributed by atoms with Gasteiger partial charge < -0.3 is 10.1 Å². The van der Waals surface area contributed by atoms with Crippen LogP contribution in [0, 0.1) is 5.92 Å². The lowest BCUT2D eigenvalue weighted by Crippen LogP contribution is -2.36. The smallest absolute Gasteiger partial charge is 0.328 e. The van der Waals surface area contributed by atoms with Crippen LogP contribution in [0.1, 0.15) is 26.2 Å². The standard InChI is InChI=1S/C10H17NO2/c1-7(2)11-9(10(12)13-3)6-8-4-5-8/h8-9,11H,1,4-6H2,2-3H3. The van der Waals surface area contributed by atoms with Crippen LogP contribution < -0.4 is 5.32 Å². The van der Waals surface area contributed by atoms with Crippen molar-refractivity contribution >= 4 is 5.97 Å². The van der Waals surface area contributed by atoms with E-state index < -0.39 is 0 Å². The Bertz CT molecular complexity index is 209. The minimum Gasteiger partial charge on any atom is -0.467 e. The largest absolute Gasteiger partial charge is 0.467 e. The SMILES string of the molecule is C=C(C)NC(CC1CC1)C(=O)OC. The van der Waals surface area contributed by atoms with E-state index in [0.29, 0.717) is 5.92 Å². The molecule has 1 rings (SSSR count). The Morgan fingerprint density at radius 3 is 2.69 bits per heavy atom. The van der Waals surface area contributed by atoms with E-state index in [2.05, 4.69) is 11.9 Å². The Hall–Kier alpha value is -0.990. The maximum absolute atomic E-state index is 11.3. The molecule has 1 aliphatic rings. The molecule has 74 valence electrons. The summed E-state index contributed by atoms with van der Waals surface area (Å²) in [6.45, 7) is 5.57. The number of rotatable bonds is 5. The number of hydrogen-bond acceptors (Lipinski definition) is 3. The first-order valence-corrected chi connectivity index (χ1v) is 4.63. The van der Waals surface area contributed by atoms with E-state index in [1.54, 1.807) is 0 Å². The molecule has 1 unspecified atom stereocenters. The Kier molecular flexibility index (Phi) is 3.34. The van der Waals surface area contributed by atoms with Crippen LogP contribution in [0.25, 0.3) is 0 Å². The number of esters is 1. The molecule has 13 heavy (non-hydrogen) atoms. The third-order valence-electron chi connectivity index (χ3n) is 2.17. The number of allylic oxidation sites excluding steroid dienone is 1. The zero-order valence-corrected chi connectivity index (χ0v) is 8.30. The van der Waals surface area contributed by atoms with Gasteiger partial charge in [-0.3, -0.25) is 0 Å². The van der Waals surface area contributed by atoms with Crippen LogP contribution in [-0.4, -0.2) is 19.1 Å². The monoisotopic (exact) mass is 183 g/mol. The van der Waals surface area contributed by atoms with Crippen molar-refractivity contribution in [3.63, 3.8) is 0 Å². The zero-order valence-electron chi connectivity index (χ0n) is 8.30. The highest BCUT2D eigenvalue weighted by molar-refractivity contribution is 5.75. The summed E-state index contributed by atoms with van der Waals surface area (Å²) in [5.74, 6) is 0.519. The van der Waals surface area contributed by atoms with Gasteiger partial charge in [-0.2, -0.15) is 0 Å². The van der Waals surface area contributed by atoms with Gasteiger partial charge in [0.2, 0.25) is 0 Å². The lowest BCUT2D eigenvalue weighted by Gasteiger charge is -2.16. The van der Waals surface area contributed by atoms with Crippen molar-refractivity contribution < 1.29 is 9.53 Å². The summed E-state index contributed by atoms with van der Waals surface area (Å²) in [6.07, 6.45) is 3.36. The summed E-state index contributed by atoms with van der Waals surface area (Å²) in [4.78, 5) is 11.3. The van der Waals surface area contributed by atoms with Gasteiger partial charge in [-0.15, -0.1) is 0 Å². The molecule has 0 aromatic rings.